The average molecular weight is 224 g/mol. The number of alkyl halides is 1. The van der Waals surface area contributed by atoms with E-state index in [-0.39, 0.29) is 0 Å². The van der Waals surface area contributed by atoms with Gasteiger partial charge in [-0.1, -0.05) is 18.2 Å². The van der Waals surface area contributed by atoms with Gasteiger partial charge >= 0.3 is 0 Å². The van der Waals surface area contributed by atoms with Crippen molar-refractivity contribution in [2.45, 2.75) is 25.3 Å². The molecule has 0 fully saturated rings. The van der Waals surface area contributed by atoms with Gasteiger partial charge in [0.15, 0.2) is 0 Å². The van der Waals surface area contributed by atoms with Crippen molar-refractivity contribution in [3.63, 3.8) is 0 Å². The fourth-order valence-electron chi connectivity index (χ4n) is 2.32. The maximum atomic E-state index is 6.01. The van der Waals surface area contributed by atoms with Crippen molar-refractivity contribution in [3.8, 4) is 0 Å². The summed E-state index contributed by atoms with van der Waals surface area (Å²) in [5.74, 6) is 0.659. The van der Waals surface area contributed by atoms with Gasteiger partial charge in [-0.05, 0) is 50.0 Å². The Hall–Kier alpha value is -0.530. The second-order valence-electron chi connectivity index (χ2n) is 4.52. The van der Waals surface area contributed by atoms with E-state index >= 15 is 0 Å². The summed E-state index contributed by atoms with van der Waals surface area (Å²) in [6.07, 6.45) is 3.81. The van der Waals surface area contributed by atoms with Crippen molar-refractivity contribution < 1.29 is 0 Å². The van der Waals surface area contributed by atoms with Crippen LogP contribution in [0.2, 0.25) is 0 Å². The van der Waals surface area contributed by atoms with Gasteiger partial charge in [-0.2, -0.15) is 0 Å². The fraction of sp³-hybridized carbons (Fsp3) is 0.538. The molecule has 82 valence electrons. The maximum Gasteiger partial charge on any atom is 0.0477 e. The molecule has 1 aliphatic rings. The lowest BCUT2D eigenvalue weighted by atomic mass is 10.0. The molecule has 0 N–H and O–H groups in total. The number of halogens is 1. The summed E-state index contributed by atoms with van der Waals surface area (Å²) in [6.45, 7) is 0. The lowest BCUT2D eigenvalue weighted by Crippen LogP contribution is -2.21. The first-order valence-electron chi connectivity index (χ1n) is 5.56. The van der Waals surface area contributed by atoms with E-state index in [0.717, 1.165) is 0 Å². The van der Waals surface area contributed by atoms with Crippen LogP contribution in [0.15, 0.2) is 18.2 Å². The predicted octanol–water partition coefficient (Wildman–Crippen LogP) is 3.02. The minimum atomic E-state index is 0.345. The van der Waals surface area contributed by atoms with E-state index in [0.29, 0.717) is 11.9 Å². The van der Waals surface area contributed by atoms with Gasteiger partial charge in [0.2, 0.25) is 0 Å². The molecule has 1 aromatic carbocycles. The largest absolute Gasteiger partial charge is 0.301 e. The predicted molar refractivity (Wildman–Crippen MR) is 65.6 cm³/mol. The number of aryl methyl sites for hydroxylation is 2. The Kier molecular flexibility index (Phi) is 3.32. The molecule has 1 unspecified atom stereocenters. The Balaban J connectivity index is 2.28. The third-order valence-corrected chi connectivity index (χ3v) is 3.57. The minimum absolute atomic E-state index is 0.345. The zero-order valence-corrected chi connectivity index (χ0v) is 10.2. The van der Waals surface area contributed by atoms with E-state index in [1.54, 1.807) is 0 Å². The van der Waals surface area contributed by atoms with Gasteiger partial charge < -0.3 is 4.90 Å². The molecule has 0 amide bonds. The second kappa shape index (κ2) is 4.54. The number of hydrogen-bond acceptors (Lipinski definition) is 1. The van der Waals surface area contributed by atoms with Crippen LogP contribution in [0.5, 0.6) is 0 Å². The molecule has 1 nitrogen and oxygen atoms in total. The third kappa shape index (κ3) is 2.19. The van der Waals surface area contributed by atoms with Crippen molar-refractivity contribution in [3.05, 3.63) is 34.9 Å². The summed E-state index contributed by atoms with van der Waals surface area (Å²) < 4.78 is 0. The SMILES string of the molecule is CN(C)C(CCl)c1ccc2c(c1)CCC2. The van der Waals surface area contributed by atoms with Crippen LogP contribution in [0, 0.1) is 0 Å². The van der Waals surface area contributed by atoms with Crippen LogP contribution in [-0.4, -0.2) is 24.9 Å². The highest BCUT2D eigenvalue weighted by Crippen LogP contribution is 2.27. The van der Waals surface area contributed by atoms with Crippen molar-refractivity contribution in [1.29, 1.82) is 0 Å². The van der Waals surface area contributed by atoms with Gasteiger partial charge in [-0.3, -0.25) is 0 Å². The van der Waals surface area contributed by atoms with Crippen molar-refractivity contribution in [1.82, 2.24) is 4.90 Å². The van der Waals surface area contributed by atoms with E-state index in [1.165, 1.54) is 36.0 Å². The normalized spacial score (nSPS) is 16.8. The van der Waals surface area contributed by atoms with Crippen LogP contribution in [-0.2, 0) is 12.8 Å². The highest BCUT2D eigenvalue weighted by atomic mass is 35.5. The number of nitrogens with zero attached hydrogens (tertiary/aromatic N) is 1. The Labute approximate surface area is 97.0 Å². The van der Waals surface area contributed by atoms with Crippen LogP contribution in [0.25, 0.3) is 0 Å². The summed E-state index contributed by atoms with van der Waals surface area (Å²) in [5.41, 5.74) is 4.42. The summed E-state index contributed by atoms with van der Waals surface area (Å²) in [6, 6.07) is 7.20. The summed E-state index contributed by atoms with van der Waals surface area (Å²) in [4.78, 5) is 2.18. The first-order valence-corrected chi connectivity index (χ1v) is 6.10. The zero-order chi connectivity index (χ0) is 10.8. The molecule has 0 spiro atoms. The Bertz CT molecular complexity index is 346. The molecule has 0 aliphatic heterocycles. The first-order chi connectivity index (χ1) is 7.22. The summed E-state index contributed by atoms with van der Waals surface area (Å²) in [7, 11) is 4.17. The Morgan fingerprint density at radius 1 is 1.27 bits per heavy atom. The second-order valence-corrected chi connectivity index (χ2v) is 4.82. The molecule has 1 aliphatic carbocycles. The molecule has 2 rings (SSSR count). The standard InChI is InChI=1S/C13H18ClN/c1-15(2)13(9-14)12-7-6-10-4-3-5-11(10)8-12/h6-8,13H,3-5,9H2,1-2H3. The van der Waals surface area contributed by atoms with Gasteiger partial charge in [-0.15, -0.1) is 11.6 Å². The lowest BCUT2D eigenvalue weighted by Gasteiger charge is -2.22. The molecule has 1 atom stereocenters. The quantitative estimate of drug-likeness (QED) is 0.713. The molecule has 0 bridgehead atoms. The van der Waals surface area contributed by atoms with Gasteiger partial charge in [0.1, 0.15) is 0 Å². The van der Waals surface area contributed by atoms with Crippen LogP contribution in [0.3, 0.4) is 0 Å². The van der Waals surface area contributed by atoms with Crippen LogP contribution < -0.4 is 0 Å². The van der Waals surface area contributed by atoms with E-state index < -0.39 is 0 Å². The summed E-state index contributed by atoms with van der Waals surface area (Å²) in [5, 5.41) is 0. The molecule has 0 aromatic heterocycles. The molecular formula is C13H18ClN. The molecular weight excluding hydrogens is 206 g/mol. The van der Waals surface area contributed by atoms with E-state index in [4.69, 9.17) is 11.6 Å². The van der Waals surface area contributed by atoms with Crippen molar-refractivity contribution in [2.24, 2.45) is 0 Å². The minimum Gasteiger partial charge on any atom is -0.301 e. The smallest absolute Gasteiger partial charge is 0.0477 e. The number of hydrogen-bond donors (Lipinski definition) is 0. The monoisotopic (exact) mass is 223 g/mol. The molecule has 0 saturated carbocycles. The van der Waals surface area contributed by atoms with Gasteiger partial charge in [0, 0.05) is 11.9 Å². The van der Waals surface area contributed by atoms with E-state index in [9.17, 15) is 0 Å². The summed E-state index contributed by atoms with van der Waals surface area (Å²) >= 11 is 6.01. The average Bonchev–Trinajstić information content (AvgIpc) is 2.65. The highest BCUT2D eigenvalue weighted by Gasteiger charge is 2.16. The van der Waals surface area contributed by atoms with Gasteiger partial charge in [0.05, 0.1) is 0 Å². The highest BCUT2D eigenvalue weighted by molar-refractivity contribution is 6.18. The molecule has 2 heteroatoms. The van der Waals surface area contributed by atoms with Crippen molar-refractivity contribution >= 4 is 11.6 Å². The number of fused-ring (bicyclic) bond motifs is 1. The Morgan fingerprint density at radius 2 is 2.00 bits per heavy atom. The molecule has 1 aromatic rings. The maximum absolute atomic E-state index is 6.01. The molecule has 0 saturated heterocycles. The van der Waals surface area contributed by atoms with Gasteiger partial charge in [-0.25, -0.2) is 0 Å². The van der Waals surface area contributed by atoms with Gasteiger partial charge in [0.25, 0.3) is 0 Å². The zero-order valence-electron chi connectivity index (χ0n) is 9.46. The van der Waals surface area contributed by atoms with Crippen molar-refractivity contribution in [2.75, 3.05) is 20.0 Å². The number of benzene rings is 1. The molecule has 0 radical (unpaired) electrons. The van der Waals surface area contributed by atoms with E-state index in [2.05, 4.69) is 37.2 Å². The van der Waals surface area contributed by atoms with E-state index in [1.807, 2.05) is 0 Å². The Morgan fingerprint density at radius 3 is 2.67 bits per heavy atom. The third-order valence-electron chi connectivity index (χ3n) is 3.28. The first kappa shape index (κ1) is 11.0. The van der Waals surface area contributed by atoms with Crippen LogP contribution in [0.4, 0.5) is 0 Å². The van der Waals surface area contributed by atoms with Crippen LogP contribution in [0.1, 0.15) is 29.2 Å². The van der Waals surface area contributed by atoms with Crippen LogP contribution >= 0.6 is 11.6 Å². The molecule has 15 heavy (non-hydrogen) atoms. The molecule has 0 heterocycles. The lowest BCUT2D eigenvalue weighted by molar-refractivity contribution is 0.324. The number of rotatable bonds is 3. The fourth-order valence-corrected chi connectivity index (χ4v) is 2.78. The topological polar surface area (TPSA) is 3.24 Å².